The standard InChI is InChI=1S/C14H20F2OS/c1-14(2,3)9-4-5-10-8(6-9)7-11(18-10)12(17)13(15)16/h7,9,12-13,17H,4-6H2,1-3H3. The molecule has 0 aromatic carbocycles. The highest BCUT2D eigenvalue weighted by molar-refractivity contribution is 7.12. The van der Waals surface area contributed by atoms with Crippen LogP contribution >= 0.6 is 11.3 Å². The van der Waals surface area contributed by atoms with Gasteiger partial charge in [0.25, 0.3) is 6.43 Å². The number of aliphatic hydroxyl groups is 1. The van der Waals surface area contributed by atoms with Gasteiger partial charge in [-0.15, -0.1) is 11.3 Å². The number of aliphatic hydroxyl groups excluding tert-OH is 1. The van der Waals surface area contributed by atoms with E-state index in [4.69, 9.17) is 0 Å². The van der Waals surface area contributed by atoms with Crippen molar-refractivity contribution in [3.8, 4) is 0 Å². The third-order valence-electron chi connectivity index (χ3n) is 3.86. The lowest BCUT2D eigenvalue weighted by molar-refractivity contribution is -0.00372. The van der Waals surface area contributed by atoms with Gasteiger partial charge in [0.1, 0.15) is 6.10 Å². The Morgan fingerprint density at radius 2 is 2.06 bits per heavy atom. The maximum Gasteiger partial charge on any atom is 0.268 e. The van der Waals surface area contributed by atoms with Crippen molar-refractivity contribution in [3.63, 3.8) is 0 Å². The summed E-state index contributed by atoms with van der Waals surface area (Å²) in [7, 11) is 0. The molecule has 1 aromatic heterocycles. The molecule has 1 heterocycles. The molecule has 0 fully saturated rings. The molecule has 0 saturated carbocycles. The van der Waals surface area contributed by atoms with Gasteiger partial charge in [-0.25, -0.2) is 8.78 Å². The Bertz CT molecular complexity index is 420. The summed E-state index contributed by atoms with van der Waals surface area (Å²) in [6.45, 7) is 6.68. The molecule has 2 unspecified atom stereocenters. The minimum atomic E-state index is -2.69. The van der Waals surface area contributed by atoms with Crippen LogP contribution in [-0.2, 0) is 12.8 Å². The monoisotopic (exact) mass is 274 g/mol. The molecule has 1 aromatic rings. The summed E-state index contributed by atoms with van der Waals surface area (Å²) in [5.41, 5.74) is 1.42. The second-order valence-electron chi connectivity index (χ2n) is 6.18. The largest absolute Gasteiger partial charge is 0.382 e. The van der Waals surface area contributed by atoms with Gasteiger partial charge in [-0.05, 0) is 42.2 Å². The zero-order chi connectivity index (χ0) is 13.5. The first-order valence-electron chi connectivity index (χ1n) is 6.36. The molecular formula is C14H20F2OS. The molecule has 1 aliphatic rings. The van der Waals surface area contributed by atoms with Crippen LogP contribution < -0.4 is 0 Å². The summed E-state index contributed by atoms with van der Waals surface area (Å²) in [6, 6.07) is 1.79. The van der Waals surface area contributed by atoms with E-state index in [9.17, 15) is 13.9 Å². The minimum Gasteiger partial charge on any atom is -0.382 e. The first-order chi connectivity index (χ1) is 8.29. The highest BCUT2D eigenvalue weighted by Crippen LogP contribution is 2.41. The van der Waals surface area contributed by atoms with E-state index in [0.717, 1.165) is 19.3 Å². The highest BCUT2D eigenvalue weighted by atomic mass is 32.1. The van der Waals surface area contributed by atoms with Crippen LogP contribution in [0.1, 0.15) is 48.6 Å². The molecule has 1 nitrogen and oxygen atoms in total. The summed E-state index contributed by atoms with van der Waals surface area (Å²) in [5.74, 6) is 0.594. The van der Waals surface area contributed by atoms with Gasteiger partial charge < -0.3 is 5.11 Å². The van der Waals surface area contributed by atoms with Crippen molar-refractivity contribution >= 4 is 11.3 Å². The maximum atomic E-state index is 12.5. The molecule has 102 valence electrons. The lowest BCUT2D eigenvalue weighted by atomic mass is 9.72. The SMILES string of the molecule is CC(C)(C)C1CCc2sc(C(O)C(F)F)cc2C1. The Morgan fingerprint density at radius 1 is 1.39 bits per heavy atom. The molecular weight excluding hydrogens is 254 g/mol. The van der Waals surface area contributed by atoms with Gasteiger partial charge in [0, 0.05) is 9.75 Å². The smallest absolute Gasteiger partial charge is 0.268 e. The summed E-state index contributed by atoms with van der Waals surface area (Å²) >= 11 is 1.35. The van der Waals surface area contributed by atoms with Gasteiger partial charge in [0.05, 0.1) is 0 Å². The van der Waals surface area contributed by atoms with E-state index >= 15 is 0 Å². The first kappa shape index (κ1) is 13.9. The van der Waals surface area contributed by atoms with Crippen molar-refractivity contribution in [2.45, 2.75) is 52.6 Å². The van der Waals surface area contributed by atoms with Crippen molar-refractivity contribution in [1.29, 1.82) is 0 Å². The van der Waals surface area contributed by atoms with E-state index in [0.29, 0.717) is 10.8 Å². The van der Waals surface area contributed by atoms with Crippen molar-refractivity contribution in [2.24, 2.45) is 11.3 Å². The quantitative estimate of drug-likeness (QED) is 0.857. The van der Waals surface area contributed by atoms with Crippen LogP contribution in [0.2, 0.25) is 0 Å². The molecule has 0 amide bonds. The van der Waals surface area contributed by atoms with Gasteiger partial charge in [0.15, 0.2) is 0 Å². The fourth-order valence-corrected chi connectivity index (χ4v) is 3.76. The van der Waals surface area contributed by atoms with Gasteiger partial charge in [-0.2, -0.15) is 0 Å². The topological polar surface area (TPSA) is 20.2 Å². The van der Waals surface area contributed by atoms with Crippen molar-refractivity contribution in [2.75, 3.05) is 0 Å². The van der Waals surface area contributed by atoms with E-state index in [1.165, 1.54) is 21.8 Å². The summed E-state index contributed by atoms with van der Waals surface area (Å²) in [5, 5.41) is 9.43. The lowest BCUT2D eigenvalue weighted by Crippen LogP contribution is -2.26. The number of hydrogen-bond donors (Lipinski definition) is 1. The number of halogens is 2. The van der Waals surface area contributed by atoms with Crippen molar-refractivity contribution < 1.29 is 13.9 Å². The third-order valence-corrected chi connectivity index (χ3v) is 5.16. The molecule has 18 heavy (non-hydrogen) atoms. The van der Waals surface area contributed by atoms with Crippen LogP contribution in [0, 0.1) is 11.3 Å². The molecule has 0 radical (unpaired) electrons. The Hall–Kier alpha value is -0.480. The highest BCUT2D eigenvalue weighted by Gasteiger charge is 2.31. The zero-order valence-electron chi connectivity index (χ0n) is 11.0. The molecule has 2 atom stereocenters. The lowest BCUT2D eigenvalue weighted by Gasteiger charge is -2.33. The Labute approximate surface area is 111 Å². The molecule has 0 aliphatic heterocycles. The van der Waals surface area contributed by atoms with Gasteiger partial charge in [0.2, 0.25) is 0 Å². The second kappa shape index (κ2) is 4.89. The number of fused-ring (bicyclic) bond motifs is 1. The normalized spacial score (nSPS) is 22.1. The fraction of sp³-hybridized carbons (Fsp3) is 0.714. The molecule has 2 rings (SSSR count). The fourth-order valence-electron chi connectivity index (χ4n) is 2.56. The Balaban J connectivity index is 2.19. The van der Waals surface area contributed by atoms with E-state index in [1.807, 2.05) is 0 Å². The van der Waals surface area contributed by atoms with Gasteiger partial charge in [-0.1, -0.05) is 20.8 Å². The Kier molecular flexibility index (Phi) is 3.79. The summed E-state index contributed by atoms with van der Waals surface area (Å²) in [4.78, 5) is 1.61. The maximum absolute atomic E-state index is 12.5. The van der Waals surface area contributed by atoms with Crippen molar-refractivity contribution in [3.05, 3.63) is 21.4 Å². The van der Waals surface area contributed by atoms with Gasteiger partial charge in [-0.3, -0.25) is 0 Å². The average molecular weight is 274 g/mol. The van der Waals surface area contributed by atoms with Crippen LogP contribution in [0.15, 0.2) is 6.07 Å². The number of thiophene rings is 1. The van der Waals surface area contributed by atoms with Crippen LogP contribution in [0.5, 0.6) is 0 Å². The van der Waals surface area contributed by atoms with Crippen LogP contribution in [-0.4, -0.2) is 11.5 Å². The summed E-state index contributed by atoms with van der Waals surface area (Å²) in [6.07, 6.45) is -1.29. The number of hydrogen-bond acceptors (Lipinski definition) is 2. The van der Waals surface area contributed by atoms with Crippen molar-refractivity contribution in [1.82, 2.24) is 0 Å². The molecule has 1 N–H and O–H groups in total. The molecule has 1 aliphatic carbocycles. The van der Waals surface area contributed by atoms with Gasteiger partial charge >= 0.3 is 0 Å². The van der Waals surface area contributed by atoms with Crippen LogP contribution in [0.4, 0.5) is 8.78 Å². The summed E-state index contributed by atoms with van der Waals surface area (Å²) < 4.78 is 25.0. The predicted octanol–water partition coefficient (Wildman–Crippen LogP) is 4.20. The second-order valence-corrected chi connectivity index (χ2v) is 7.35. The average Bonchev–Trinajstić information content (AvgIpc) is 2.68. The minimum absolute atomic E-state index is 0.251. The third kappa shape index (κ3) is 2.75. The Morgan fingerprint density at radius 3 is 2.61 bits per heavy atom. The number of alkyl halides is 2. The van der Waals surface area contributed by atoms with E-state index in [1.54, 1.807) is 6.07 Å². The first-order valence-corrected chi connectivity index (χ1v) is 7.18. The predicted molar refractivity (Wildman–Crippen MR) is 70.3 cm³/mol. The molecule has 0 saturated heterocycles. The molecule has 0 spiro atoms. The molecule has 4 heteroatoms. The number of rotatable bonds is 2. The van der Waals surface area contributed by atoms with E-state index in [-0.39, 0.29) is 5.41 Å². The van der Waals surface area contributed by atoms with Crippen LogP contribution in [0.25, 0.3) is 0 Å². The van der Waals surface area contributed by atoms with E-state index < -0.39 is 12.5 Å². The zero-order valence-corrected chi connectivity index (χ0v) is 11.9. The van der Waals surface area contributed by atoms with E-state index in [2.05, 4.69) is 20.8 Å². The number of aryl methyl sites for hydroxylation is 1. The molecule has 0 bridgehead atoms. The van der Waals surface area contributed by atoms with Crippen LogP contribution in [0.3, 0.4) is 0 Å².